The van der Waals surface area contributed by atoms with E-state index in [4.69, 9.17) is 21.3 Å². The normalized spacial score (nSPS) is 30.1. The van der Waals surface area contributed by atoms with Crippen molar-refractivity contribution in [1.82, 2.24) is 56.4 Å². The molecule has 89 heavy (non-hydrogen) atoms. The maximum Gasteiger partial charge on any atom is 0.417 e. The molecule has 12 atom stereocenters. The van der Waals surface area contributed by atoms with Gasteiger partial charge in [0.05, 0.1) is 34.9 Å². The Morgan fingerprint density at radius 3 is 2.22 bits per heavy atom. The number of likely N-dealkylation sites (N-methyl/N-ethyl adjacent to an activating group) is 1. The standard InChI is InChI=1S/C71H120ClF3N12O2/c1-14-50(5)65-43-80-64(41-49(3)4)53(8)79-44-66-67(69(88)85-37-19-16-20-38-85)56(11)87(66)68(51(6)15-2)54(9)82-70(31-17-18-32-70)48-77-35-34-76-33-30-58(28-26-57-27-29-62(63(72)42-57)71(73,74)75)78-36-40-83(12)45-60(47-89-61-24-21-25-61)84(13)46-59-23-22-39-86(59)55(10)52(7)81-65/h27,29-30,33,36,40,42,45-46,49-56,61,64-68,76-77,79-82H,14-26,28,31-32,34-35,37-39,41,43-44,47-48H2,1-13H3/t50-,51-,52?,53?,54?,55-,56?,64-,65+,66?,67-,68-/m0/s1. The molecular formula is C71H120ClF3N12O2. The molecule has 6 N–H and O–H groups in total. The summed E-state index contributed by atoms with van der Waals surface area (Å²) in [6, 6.07) is 5.82. The number of halogens is 4. The number of aryl methyl sites for hydroxylation is 1. The van der Waals surface area contributed by atoms with Crippen molar-refractivity contribution in [1.29, 1.82) is 0 Å². The molecule has 0 radical (unpaired) electrons. The monoisotopic (exact) mass is 1260 g/mol. The van der Waals surface area contributed by atoms with E-state index in [1.807, 2.05) is 30.4 Å². The lowest BCUT2D eigenvalue weighted by Gasteiger charge is -2.60. The number of hydrogen-bond acceptors (Lipinski definition) is 13. The van der Waals surface area contributed by atoms with Gasteiger partial charge in [-0.1, -0.05) is 84.9 Å². The van der Waals surface area contributed by atoms with Crippen LogP contribution in [0.2, 0.25) is 5.02 Å². The van der Waals surface area contributed by atoms with Crippen LogP contribution in [0.5, 0.6) is 0 Å². The Hall–Kier alpha value is -3.68. The molecule has 18 heteroatoms. The van der Waals surface area contributed by atoms with Gasteiger partial charge in [0.2, 0.25) is 5.91 Å². The number of allylic oxidation sites excluding steroid dienone is 2. The number of piperidine rings is 1. The van der Waals surface area contributed by atoms with Gasteiger partial charge in [-0.2, -0.15) is 13.2 Å². The van der Waals surface area contributed by atoms with Crippen molar-refractivity contribution < 1.29 is 22.7 Å². The van der Waals surface area contributed by atoms with Crippen LogP contribution in [0, 0.1) is 23.7 Å². The number of carbonyl (C=O) groups excluding carboxylic acids is 1. The molecule has 1 amide bonds. The van der Waals surface area contributed by atoms with Crippen molar-refractivity contribution in [3.63, 3.8) is 0 Å². The van der Waals surface area contributed by atoms with Gasteiger partial charge in [0.1, 0.15) is 0 Å². The minimum absolute atomic E-state index is 0.0474. The third kappa shape index (κ3) is 20.7. The second-order valence-electron chi connectivity index (χ2n) is 28.4. The molecule has 4 heterocycles. The highest BCUT2D eigenvalue weighted by atomic mass is 35.5. The predicted octanol–water partition coefficient (Wildman–Crippen LogP) is 12.3. The minimum atomic E-state index is -4.52. The molecule has 0 bridgehead atoms. The molecule has 0 aromatic heterocycles. The molecule has 1 spiro atoms. The van der Waals surface area contributed by atoms with Gasteiger partial charge in [-0.25, -0.2) is 0 Å². The number of rotatable bonds is 13. The van der Waals surface area contributed by atoms with Gasteiger partial charge in [0, 0.05) is 163 Å². The van der Waals surface area contributed by atoms with Crippen LogP contribution in [-0.2, 0) is 22.1 Å². The van der Waals surface area contributed by atoms with Crippen LogP contribution in [0.15, 0.2) is 71.7 Å². The number of likely N-dealkylation sites (tertiary alicyclic amines) is 1. The number of amides is 1. The first-order valence-corrected chi connectivity index (χ1v) is 35.4. The molecule has 2 aliphatic carbocycles. The number of carbonyl (C=O) groups is 1. The average Bonchev–Trinajstić information content (AvgIpc) is 0.981. The molecule has 5 fully saturated rings. The molecule has 4 aliphatic heterocycles. The summed E-state index contributed by atoms with van der Waals surface area (Å²) in [6.45, 7) is 33.2. The van der Waals surface area contributed by atoms with E-state index in [2.05, 4.69) is 147 Å². The van der Waals surface area contributed by atoms with Crippen LogP contribution in [0.3, 0.4) is 0 Å². The molecule has 3 saturated heterocycles. The van der Waals surface area contributed by atoms with Crippen molar-refractivity contribution >= 4 is 23.2 Å². The predicted molar refractivity (Wildman–Crippen MR) is 363 cm³/mol. The topological polar surface area (TPSA) is 127 Å². The number of nitrogens with one attached hydrogen (secondary N) is 6. The van der Waals surface area contributed by atoms with Gasteiger partial charge in [0.15, 0.2) is 0 Å². The summed E-state index contributed by atoms with van der Waals surface area (Å²) in [5.41, 5.74) is 2.96. The Kier molecular flexibility index (Phi) is 28.6. The maximum absolute atomic E-state index is 14.9. The largest absolute Gasteiger partial charge is 0.417 e. The zero-order valence-corrected chi connectivity index (χ0v) is 57.9. The fraction of sp³-hybridized carbons (Fsp3) is 0.775. The van der Waals surface area contributed by atoms with Crippen molar-refractivity contribution in [3.05, 3.63) is 82.8 Å². The zero-order chi connectivity index (χ0) is 64.4. The summed E-state index contributed by atoms with van der Waals surface area (Å²) in [5, 5.41) is 23.9. The Balaban J connectivity index is 1.19. The van der Waals surface area contributed by atoms with Gasteiger partial charge in [-0.05, 0) is 166 Å². The third-order valence-corrected chi connectivity index (χ3v) is 21.6. The molecule has 5 unspecified atom stereocenters. The summed E-state index contributed by atoms with van der Waals surface area (Å²) in [6.07, 6.45) is 25.4. The highest BCUT2D eigenvalue weighted by Gasteiger charge is 2.55. The summed E-state index contributed by atoms with van der Waals surface area (Å²) >= 11 is 6.19. The van der Waals surface area contributed by atoms with E-state index < -0.39 is 11.7 Å². The number of aliphatic imine (C=N–C) groups is 1. The molecule has 2 saturated carbocycles. The van der Waals surface area contributed by atoms with E-state index in [0.717, 1.165) is 134 Å². The number of alkyl halides is 3. The first kappa shape index (κ1) is 72.7. The number of ether oxygens (including phenoxy) is 1. The van der Waals surface area contributed by atoms with Gasteiger partial charge in [-0.3, -0.25) is 14.7 Å². The number of hydrogen-bond donors (Lipinski definition) is 6. The summed E-state index contributed by atoms with van der Waals surface area (Å²) < 4.78 is 47.5. The van der Waals surface area contributed by atoms with Crippen LogP contribution < -0.4 is 31.9 Å². The first-order valence-electron chi connectivity index (χ1n) is 35.0. The Morgan fingerprint density at radius 2 is 1.56 bits per heavy atom. The highest BCUT2D eigenvalue weighted by Crippen LogP contribution is 2.42. The lowest BCUT2D eigenvalue weighted by molar-refractivity contribution is -0.162. The number of fused-ring (bicyclic) bond motifs is 2. The summed E-state index contributed by atoms with van der Waals surface area (Å²) in [5.74, 6) is 1.68. The minimum Gasteiger partial charge on any atom is -0.390 e. The molecule has 1 aromatic carbocycles. The Labute approximate surface area is 541 Å². The van der Waals surface area contributed by atoms with Gasteiger partial charge in [-0.15, -0.1) is 0 Å². The lowest BCUT2D eigenvalue weighted by atomic mass is 9.74. The molecule has 7 rings (SSSR count). The smallest absolute Gasteiger partial charge is 0.390 e. The Bertz CT molecular complexity index is 2470. The number of benzene rings is 1. The van der Waals surface area contributed by atoms with Gasteiger partial charge >= 0.3 is 6.18 Å². The van der Waals surface area contributed by atoms with E-state index >= 15 is 0 Å². The second-order valence-corrected chi connectivity index (χ2v) is 28.8. The van der Waals surface area contributed by atoms with E-state index in [9.17, 15) is 18.0 Å². The van der Waals surface area contributed by atoms with Gasteiger partial charge < -0.3 is 56.2 Å². The summed E-state index contributed by atoms with van der Waals surface area (Å²) in [7, 11) is 4.14. The quantitative estimate of drug-likeness (QED) is 0.113. The van der Waals surface area contributed by atoms with Crippen molar-refractivity contribution in [3.8, 4) is 0 Å². The average molecular weight is 1270 g/mol. The van der Waals surface area contributed by atoms with Crippen molar-refractivity contribution in [2.45, 2.75) is 258 Å². The highest BCUT2D eigenvalue weighted by molar-refractivity contribution is 6.31. The second kappa shape index (κ2) is 35.0. The van der Waals surface area contributed by atoms with Crippen LogP contribution in [0.1, 0.15) is 190 Å². The SMILES string of the molecule is CC[C@H](C)[C@H]1C(C)NC2(CCCC2)CNCCNC=CC(CCc2ccc(C(F)(F)F)c(Cl)c2)=NC=CN(C)C=C(COC2CCC2)N(C)C=C2CCCN2[C@@H](C)C(C)N[C@@H]([C@@H](C)CC)CN[C@@H](CC(C)C)C(C)NCC2[C@@H](C(=O)N3CCCCC3)C(C)N21. The van der Waals surface area contributed by atoms with Crippen LogP contribution in [0.25, 0.3) is 0 Å². The van der Waals surface area contributed by atoms with E-state index in [1.165, 1.54) is 43.5 Å². The summed E-state index contributed by atoms with van der Waals surface area (Å²) in [4.78, 5) is 31.6. The van der Waals surface area contributed by atoms with Crippen LogP contribution in [0.4, 0.5) is 13.2 Å². The maximum atomic E-state index is 14.9. The van der Waals surface area contributed by atoms with E-state index in [0.29, 0.717) is 55.2 Å². The Morgan fingerprint density at radius 1 is 0.831 bits per heavy atom. The lowest BCUT2D eigenvalue weighted by Crippen LogP contribution is -2.76. The fourth-order valence-electron chi connectivity index (χ4n) is 15.0. The van der Waals surface area contributed by atoms with Crippen molar-refractivity contribution in [2.75, 3.05) is 73.1 Å². The third-order valence-electron chi connectivity index (χ3n) is 21.2. The first-order chi connectivity index (χ1) is 42.5. The van der Waals surface area contributed by atoms with E-state index in [1.54, 1.807) is 6.20 Å². The molecule has 14 nitrogen and oxygen atoms in total. The number of nitrogens with zero attached hydrogens (tertiary/aromatic N) is 6. The van der Waals surface area contributed by atoms with E-state index in [-0.39, 0.29) is 77.0 Å². The van der Waals surface area contributed by atoms with Crippen LogP contribution in [-0.4, -0.2) is 175 Å². The molecule has 504 valence electrons. The zero-order valence-electron chi connectivity index (χ0n) is 57.2. The fourth-order valence-corrected chi connectivity index (χ4v) is 15.3. The molecule has 6 aliphatic rings. The van der Waals surface area contributed by atoms with Crippen molar-refractivity contribution in [2.24, 2.45) is 28.7 Å². The molecule has 1 aromatic rings. The van der Waals surface area contributed by atoms with Gasteiger partial charge in [0.25, 0.3) is 0 Å². The molecular weight excluding hydrogens is 1150 g/mol. The van der Waals surface area contributed by atoms with Crippen LogP contribution >= 0.6 is 11.6 Å².